The SMILES string of the molecule is C[Si](C)Oc1c(C(=O)Oc2ccc(C(=O)O)cc2)ccc(C(C)(C)C)c1C12CC3CC(CC(C3)C1)C2. The summed E-state index contributed by atoms with van der Waals surface area (Å²) in [5.41, 5.74) is 3.15. The Bertz CT molecular complexity index is 1140. The average molecular weight is 506 g/mol. The lowest BCUT2D eigenvalue weighted by Crippen LogP contribution is -2.49. The van der Waals surface area contributed by atoms with Gasteiger partial charge in [-0.25, -0.2) is 9.59 Å². The fourth-order valence-electron chi connectivity index (χ4n) is 7.45. The van der Waals surface area contributed by atoms with E-state index in [-0.39, 0.29) is 16.4 Å². The Morgan fingerprint density at radius 1 is 0.917 bits per heavy atom. The van der Waals surface area contributed by atoms with E-state index in [0.717, 1.165) is 23.5 Å². The molecule has 0 aromatic heterocycles. The van der Waals surface area contributed by atoms with Crippen LogP contribution in [-0.2, 0) is 10.8 Å². The second kappa shape index (κ2) is 9.05. The molecule has 2 aromatic carbocycles. The van der Waals surface area contributed by atoms with Gasteiger partial charge in [-0.15, -0.1) is 0 Å². The predicted octanol–water partition coefficient (Wildman–Crippen LogP) is 7.00. The molecule has 1 N–H and O–H groups in total. The van der Waals surface area contributed by atoms with Crippen LogP contribution in [0.3, 0.4) is 0 Å². The quantitative estimate of drug-likeness (QED) is 0.260. The van der Waals surface area contributed by atoms with Crippen molar-refractivity contribution in [3.05, 3.63) is 58.7 Å². The zero-order valence-electron chi connectivity index (χ0n) is 22.0. The third-order valence-electron chi connectivity index (χ3n) is 8.37. The van der Waals surface area contributed by atoms with Gasteiger partial charge in [0, 0.05) is 11.0 Å². The summed E-state index contributed by atoms with van der Waals surface area (Å²) in [5.74, 6) is 1.90. The molecule has 0 amide bonds. The highest BCUT2D eigenvalue weighted by Gasteiger charge is 2.54. The van der Waals surface area contributed by atoms with Crippen molar-refractivity contribution in [2.75, 3.05) is 0 Å². The average Bonchev–Trinajstić information content (AvgIpc) is 2.77. The van der Waals surface area contributed by atoms with Crippen molar-refractivity contribution in [3.8, 4) is 11.5 Å². The van der Waals surface area contributed by atoms with Crippen LogP contribution >= 0.6 is 0 Å². The maximum absolute atomic E-state index is 13.6. The minimum Gasteiger partial charge on any atom is -0.542 e. The van der Waals surface area contributed by atoms with Crippen LogP contribution in [0.5, 0.6) is 11.5 Å². The maximum Gasteiger partial charge on any atom is 0.347 e. The van der Waals surface area contributed by atoms with Crippen molar-refractivity contribution >= 4 is 21.0 Å². The van der Waals surface area contributed by atoms with Gasteiger partial charge in [-0.3, -0.25) is 0 Å². The zero-order chi connectivity index (χ0) is 25.8. The zero-order valence-corrected chi connectivity index (χ0v) is 23.0. The van der Waals surface area contributed by atoms with Gasteiger partial charge in [0.05, 0.1) is 5.56 Å². The molecule has 0 heterocycles. The van der Waals surface area contributed by atoms with Crippen molar-refractivity contribution in [3.63, 3.8) is 0 Å². The van der Waals surface area contributed by atoms with E-state index in [1.54, 1.807) is 0 Å². The highest BCUT2D eigenvalue weighted by molar-refractivity contribution is 6.49. The highest BCUT2D eigenvalue weighted by atomic mass is 28.3. The molecular formula is C30H37O5Si. The van der Waals surface area contributed by atoms with Crippen LogP contribution in [0.2, 0.25) is 13.1 Å². The number of carbonyl (C=O) groups is 2. The normalized spacial score (nSPS) is 26.8. The van der Waals surface area contributed by atoms with E-state index in [2.05, 4.69) is 39.9 Å². The van der Waals surface area contributed by atoms with Crippen LogP contribution in [0.4, 0.5) is 0 Å². The second-order valence-electron chi connectivity index (χ2n) is 12.5. The molecule has 0 aliphatic heterocycles. The number of carboxylic acid groups (broad SMARTS) is 1. The Labute approximate surface area is 215 Å². The molecule has 4 bridgehead atoms. The molecule has 6 heteroatoms. The lowest BCUT2D eigenvalue weighted by molar-refractivity contribution is -0.00662. The summed E-state index contributed by atoms with van der Waals surface area (Å²) in [6, 6.07) is 9.96. The number of rotatable bonds is 6. The summed E-state index contributed by atoms with van der Waals surface area (Å²) in [4.78, 5) is 24.8. The fraction of sp³-hybridized carbons (Fsp3) is 0.533. The molecule has 4 aliphatic rings. The van der Waals surface area contributed by atoms with Gasteiger partial charge in [-0.2, -0.15) is 0 Å². The summed E-state index contributed by atoms with van der Waals surface area (Å²) in [6.07, 6.45) is 7.61. The Kier molecular flexibility index (Phi) is 6.30. The number of carbonyl (C=O) groups excluding carboxylic acids is 1. The van der Waals surface area contributed by atoms with Gasteiger partial charge in [0.2, 0.25) is 0 Å². The van der Waals surface area contributed by atoms with E-state index in [1.165, 1.54) is 73.9 Å². The molecule has 4 fully saturated rings. The molecule has 0 unspecified atom stereocenters. The fourth-order valence-corrected chi connectivity index (χ4v) is 8.07. The summed E-state index contributed by atoms with van der Waals surface area (Å²) in [6.45, 7) is 11.0. The lowest BCUT2D eigenvalue weighted by Gasteiger charge is -2.58. The van der Waals surface area contributed by atoms with E-state index in [0.29, 0.717) is 11.3 Å². The van der Waals surface area contributed by atoms with E-state index in [9.17, 15) is 14.7 Å². The van der Waals surface area contributed by atoms with Gasteiger partial charge in [0.15, 0.2) is 0 Å². The minimum absolute atomic E-state index is 0.0590. The largest absolute Gasteiger partial charge is 0.542 e. The van der Waals surface area contributed by atoms with Crippen LogP contribution < -0.4 is 9.16 Å². The molecule has 36 heavy (non-hydrogen) atoms. The van der Waals surface area contributed by atoms with Gasteiger partial charge < -0.3 is 14.3 Å². The van der Waals surface area contributed by atoms with Gasteiger partial charge in [0.25, 0.3) is 9.04 Å². The Morgan fingerprint density at radius 3 is 1.94 bits per heavy atom. The van der Waals surface area contributed by atoms with Crippen LogP contribution in [0, 0.1) is 17.8 Å². The van der Waals surface area contributed by atoms with Crippen LogP contribution in [0.1, 0.15) is 91.1 Å². The smallest absolute Gasteiger partial charge is 0.347 e. The monoisotopic (exact) mass is 505 g/mol. The standard InChI is InChI=1S/C30H37O5Si/c1-29(2,3)24-11-10-23(28(33)34-22-8-6-21(7-9-22)27(31)32)26(35-36(4)5)25(24)30-15-18-12-19(16-30)14-20(13-18)17-30/h6-11,18-20H,12-17H2,1-5H3,(H,31,32). The van der Waals surface area contributed by atoms with Gasteiger partial charge in [-0.1, -0.05) is 26.8 Å². The summed E-state index contributed by atoms with van der Waals surface area (Å²) >= 11 is 0. The van der Waals surface area contributed by atoms with E-state index in [4.69, 9.17) is 9.16 Å². The maximum atomic E-state index is 13.6. The molecule has 1 radical (unpaired) electrons. The predicted molar refractivity (Wildman–Crippen MR) is 141 cm³/mol. The van der Waals surface area contributed by atoms with Crippen molar-refractivity contribution in [2.45, 2.75) is 83.2 Å². The number of carboxylic acids is 1. The third kappa shape index (κ3) is 4.60. The van der Waals surface area contributed by atoms with E-state index in [1.807, 2.05) is 6.07 Å². The summed E-state index contributed by atoms with van der Waals surface area (Å²) in [5, 5.41) is 9.17. The Balaban J connectivity index is 1.61. The second-order valence-corrected chi connectivity index (χ2v) is 14.6. The number of ether oxygens (including phenoxy) is 1. The van der Waals surface area contributed by atoms with Crippen molar-refractivity contribution < 1.29 is 23.9 Å². The first-order valence-electron chi connectivity index (χ1n) is 13.2. The number of hydrogen-bond donors (Lipinski definition) is 1. The molecule has 191 valence electrons. The van der Waals surface area contributed by atoms with Crippen molar-refractivity contribution in [2.24, 2.45) is 17.8 Å². The first-order chi connectivity index (χ1) is 16.9. The van der Waals surface area contributed by atoms with Crippen LogP contribution in [0.15, 0.2) is 36.4 Å². The molecule has 0 saturated heterocycles. The molecular weight excluding hydrogens is 468 g/mol. The van der Waals surface area contributed by atoms with Crippen LogP contribution in [0.25, 0.3) is 0 Å². The van der Waals surface area contributed by atoms with Gasteiger partial charge >= 0.3 is 11.9 Å². The molecule has 2 aromatic rings. The third-order valence-corrected chi connectivity index (χ3v) is 8.98. The highest BCUT2D eigenvalue weighted by Crippen LogP contribution is 2.63. The van der Waals surface area contributed by atoms with Gasteiger partial charge in [-0.05, 0) is 111 Å². The first-order valence-corrected chi connectivity index (χ1v) is 15.6. The van der Waals surface area contributed by atoms with Crippen molar-refractivity contribution in [1.82, 2.24) is 0 Å². The Hall–Kier alpha value is -2.60. The number of aromatic carboxylic acids is 1. The summed E-state index contributed by atoms with van der Waals surface area (Å²) in [7, 11) is -1.16. The van der Waals surface area contributed by atoms with Crippen LogP contribution in [-0.4, -0.2) is 26.1 Å². The minimum atomic E-state index is -1.16. The van der Waals surface area contributed by atoms with E-state index < -0.39 is 21.0 Å². The van der Waals surface area contributed by atoms with Crippen molar-refractivity contribution in [1.29, 1.82) is 0 Å². The molecule has 5 nitrogen and oxygen atoms in total. The molecule has 0 atom stereocenters. The molecule has 4 aliphatic carbocycles. The molecule has 4 saturated carbocycles. The number of hydrogen-bond acceptors (Lipinski definition) is 4. The molecule has 6 rings (SSSR count). The van der Waals surface area contributed by atoms with Gasteiger partial charge in [0.1, 0.15) is 17.1 Å². The lowest BCUT2D eigenvalue weighted by atomic mass is 9.47. The van der Waals surface area contributed by atoms with E-state index >= 15 is 0 Å². The number of benzene rings is 2. The Morgan fingerprint density at radius 2 is 1.47 bits per heavy atom. The topological polar surface area (TPSA) is 72.8 Å². The first kappa shape index (κ1) is 25.1. The molecule has 0 spiro atoms. The number of esters is 1. The summed E-state index contributed by atoms with van der Waals surface area (Å²) < 4.78 is 12.4.